The molecule has 2 rings (SSSR count). The molecule has 1 fully saturated rings. The molecular weight excluding hydrogens is 274 g/mol. The van der Waals surface area contributed by atoms with Crippen LogP contribution in [0.15, 0.2) is 5.38 Å². The lowest BCUT2D eigenvalue weighted by Crippen LogP contribution is -2.18. The van der Waals surface area contributed by atoms with Crippen LogP contribution in [0.5, 0.6) is 0 Å². The molecular formula is C14H23N3O2S. The van der Waals surface area contributed by atoms with E-state index in [0.717, 1.165) is 38.1 Å². The van der Waals surface area contributed by atoms with Gasteiger partial charge in [-0.25, -0.2) is 4.98 Å². The van der Waals surface area contributed by atoms with Crippen LogP contribution in [-0.4, -0.2) is 30.1 Å². The van der Waals surface area contributed by atoms with Gasteiger partial charge in [0, 0.05) is 24.4 Å². The zero-order valence-electron chi connectivity index (χ0n) is 12.1. The van der Waals surface area contributed by atoms with E-state index in [-0.39, 0.29) is 18.1 Å². The van der Waals surface area contributed by atoms with Crippen molar-refractivity contribution in [2.45, 2.75) is 51.7 Å². The number of nitrogens with zero attached hydrogens (tertiary/aromatic N) is 1. The molecule has 20 heavy (non-hydrogen) atoms. The summed E-state index contributed by atoms with van der Waals surface area (Å²) in [6.07, 6.45) is 3.76. The Bertz CT molecular complexity index is 430. The maximum atomic E-state index is 11.9. The first kappa shape index (κ1) is 15.4. The zero-order valence-corrected chi connectivity index (χ0v) is 13.0. The number of rotatable bonds is 7. The summed E-state index contributed by atoms with van der Waals surface area (Å²) in [6, 6.07) is 0.216. The molecule has 0 saturated carbocycles. The topological polar surface area (TPSA) is 63.2 Å². The Morgan fingerprint density at radius 2 is 2.50 bits per heavy atom. The standard InChI is InChI=1S/C14H23N3O2S/c1-3-15-10(2)12-9-20-14(16-12)17-13(18)7-6-11-5-4-8-19-11/h9-11,15H,3-8H2,1-2H3,(H,16,17,18). The first-order valence-corrected chi connectivity index (χ1v) is 8.17. The predicted molar refractivity (Wildman–Crippen MR) is 81.0 cm³/mol. The van der Waals surface area contributed by atoms with Crippen molar-refractivity contribution in [3.8, 4) is 0 Å². The molecule has 0 spiro atoms. The Morgan fingerprint density at radius 3 is 3.20 bits per heavy atom. The van der Waals surface area contributed by atoms with Crippen molar-refractivity contribution >= 4 is 22.4 Å². The SMILES string of the molecule is CCNC(C)c1csc(NC(=O)CCC2CCCO2)n1. The summed E-state index contributed by atoms with van der Waals surface area (Å²) in [6.45, 7) is 5.88. The van der Waals surface area contributed by atoms with Gasteiger partial charge in [-0.3, -0.25) is 4.79 Å². The van der Waals surface area contributed by atoms with Crippen molar-refractivity contribution < 1.29 is 9.53 Å². The van der Waals surface area contributed by atoms with Gasteiger partial charge in [0.15, 0.2) is 5.13 Å². The molecule has 2 unspecified atom stereocenters. The fourth-order valence-corrected chi connectivity index (χ4v) is 3.12. The fraction of sp³-hybridized carbons (Fsp3) is 0.714. The van der Waals surface area contributed by atoms with Crippen LogP contribution in [0.1, 0.15) is 51.3 Å². The summed E-state index contributed by atoms with van der Waals surface area (Å²) in [5.41, 5.74) is 0.978. The van der Waals surface area contributed by atoms with E-state index < -0.39 is 0 Å². The summed E-state index contributed by atoms with van der Waals surface area (Å²) < 4.78 is 5.51. The molecule has 2 N–H and O–H groups in total. The maximum absolute atomic E-state index is 11.9. The molecule has 1 saturated heterocycles. The van der Waals surface area contributed by atoms with Gasteiger partial charge in [-0.15, -0.1) is 11.3 Å². The summed E-state index contributed by atoms with van der Waals surface area (Å²) in [4.78, 5) is 16.3. The van der Waals surface area contributed by atoms with Gasteiger partial charge in [0.05, 0.1) is 11.8 Å². The molecule has 5 nitrogen and oxygen atoms in total. The van der Waals surface area contributed by atoms with Crippen molar-refractivity contribution in [2.75, 3.05) is 18.5 Å². The summed E-state index contributed by atoms with van der Waals surface area (Å²) in [5, 5.41) is 8.85. The Hall–Kier alpha value is -0.980. The second-order valence-electron chi connectivity index (χ2n) is 5.08. The average Bonchev–Trinajstić information content (AvgIpc) is 3.07. The normalized spacial score (nSPS) is 20.0. The van der Waals surface area contributed by atoms with Crippen molar-refractivity contribution in [3.63, 3.8) is 0 Å². The van der Waals surface area contributed by atoms with Crippen LogP contribution in [0, 0.1) is 0 Å². The number of ether oxygens (including phenoxy) is 1. The second-order valence-corrected chi connectivity index (χ2v) is 5.94. The lowest BCUT2D eigenvalue weighted by Gasteiger charge is -2.09. The van der Waals surface area contributed by atoms with Gasteiger partial charge >= 0.3 is 0 Å². The van der Waals surface area contributed by atoms with Gasteiger partial charge in [0.1, 0.15) is 0 Å². The highest BCUT2D eigenvalue weighted by Gasteiger charge is 2.17. The summed E-state index contributed by atoms with van der Waals surface area (Å²) in [5.74, 6) is 0.0255. The van der Waals surface area contributed by atoms with E-state index in [4.69, 9.17) is 4.74 Å². The molecule has 1 aliphatic rings. The van der Waals surface area contributed by atoms with E-state index in [1.165, 1.54) is 11.3 Å². The minimum absolute atomic E-state index is 0.0255. The third-order valence-corrected chi connectivity index (χ3v) is 4.22. The number of thiazole rings is 1. The van der Waals surface area contributed by atoms with Crippen molar-refractivity contribution in [3.05, 3.63) is 11.1 Å². The van der Waals surface area contributed by atoms with Gasteiger partial charge in [0.2, 0.25) is 5.91 Å². The number of carbonyl (C=O) groups excluding carboxylic acids is 1. The molecule has 2 heterocycles. The van der Waals surface area contributed by atoms with Crippen LogP contribution in [0.2, 0.25) is 0 Å². The molecule has 0 radical (unpaired) electrons. The van der Waals surface area contributed by atoms with Crippen LogP contribution in [0.25, 0.3) is 0 Å². The van der Waals surface area contributed by atoms with Gasteiger partial charge < -0.3 is 15.4 Å². The Labute approximate surface area is 124 Å². The number of nitrogens with one attached hydrogen (secondary N) is 2. The summed E-state index contributed by atoms with van der Waals surface area (Å²) >= 11 is 1.48. The second kappa shape index (κ2) is 7.71. The molecule has 112 valence electrons. The van der Waals surface area contributed by atoms with E-state index in [9.17, 15) is 4.79 Å². The van der Waals surface area contributed by atoms with Crippen LogP contribution in [-0.2, 0) is 9.53 Å². The number of aromatic nitrogens is 1. The average molecular weight is 297 g/mol. The molecule has 1 aromatic rings. The predicted octanol–water partition coefficient (Wildman–Crippen LogP) is 2.71. The molecule has 0 aromatic carbocycles. The smallest absolute Gasteiger partial charge is 0.226 e. The number of hydrogen-bond acceptors (Lipinski definition) is 5. The Balaban J connectivity index is 1.76. The minimum Gasteiger partial charge on any atom is -0.378 e. The summed E-state index contributed by atoms with van der Waals surface area (Å²) in [7, 11) is 0. The molecule has 6 heteroatoms. The molecule has 0 bridgehead atoms. The van der Waals surface area contributed by atoms with Gasteiger partial charge in [-0.2, -0.15) is 0 Å². The molecule has 2 atom stereocenters. The van der Waals surface area contributed by atoms with Gasteiger partial charge in [-0.1, -0.05) is 6.92 Å². The largest absolute Gasteiger partial charge is 0.378 e. The van der Waals surface area contributed by atoms with Gasteiger partial charge in [-0.05, 0) is 32.7 Å². The first-order valence-electron chi connectivity index (χ1n) is 7.29. The maximum Gasteiger partial charge on any atom is 0.226 e. The molecule has 0 aliphatic carbocycles. The number of carbonyl (C=O) groups is 1. The monoisotopic (exact) mass is 297 g/mol. The van der Waals surface area contributed by atoms with Crippen LogP contribution in [0.3, 0.4) is 0 Å². The third-order valence-electron chi connectivity index (χ3n) is 3.44. The first-order chi connectivity index (χ1) is 9.69. The molecule has 1 aromatic heterocycles. The quantitative estimate of drug-likeness (QED) is 0.812. The fourth-order valence-electron chi connectivity index (χ4n) is 2.30. The molecule has 1 aliphatic heterocycles. The van der Waals surface area contributed by atoms with E-state index >= 15 is 0 Å². The number of anilines is 1. The van der Waals surface area contributed by atoms with Crippen molar-refractivity contribution in [2.24, 2.45) is 0 Å². The van der Waals surface area contributed by atoms with Crippen molar-refractivity contribution in [1.29, 1.82) is 0 Å². The highest BCUT2D eigenvalue weighted by molar-refractivity contribution is 7.13. The van der Waals surface area contributed by atoms with Crippen LogP contribution in [0.4, 0.5) is 5.13 Å². The number of hydrogen-bond donors (Lipinski definition) is 2. The Kier molecular flexibility index (Phi) is 5.94. The van der Waals surface area contributed by atoms with E-state index in [1.54, 1.807) is 0 Å². The van der Waals surface area contributed by atoms with Crippen molar-refractivity contribution in [1.82, 2.24) is 10.3 Å². The highest BCUT2D eigenvalue weighted by atomic mass is 32.1. The van der Waals surface area contributed by atoms with Gasteiger partial charge in [0.25, 0.3) is 0 Å². The zero-order chi connectivity index (χ0) is 14.4. The van der Waals surface area contributed by atoms with E-state index in [2.05, 4.69) is 29.5 Å². The van der Waals surface area contributed by atoms with Crippen LogP contribution >= 0.6 is 11.3 Å². The Morgan fingerprint density at radius 1 is 1.65 bits per heavy atom. The van der Waals surface area contributed by atoms with E-state index in [0.29, 0.717) is 11.6 Å². The molecule has 1 amide bonds. The lowest BCUT2D eigenvalue weighted by molar-refractivity contribution is -0.116. The minimum atomic E-state index is 0.0255. The lowest BCUT2D eigenvalue weighted by atomic mass is 10.1. The third kappa shape index (κ3) is 4.54. The number of amides is 1. The van der Waals surface area contributed by atoms with Crippen LogP contribution < -0.4 is 10.6 Å². The highest BCUT2D eigenvalue weighted by Crippen LogP contribution is 2.21. The van der Waals surface area contributed by atoms with E-state index in [1.807, 2.05) is 5.38 Å².